The molecule has 1 saturated carbocycles. The molecule has 2 atom stereocenters. The molecule has 0 amide bonds. The lowest BCUT2D eigenvalue weighted by Gasteiger charge is -2.38. The first-order chi connectivity index (χ1) is 13.1. The van der Waals surface area contributed by atoms with Crippen LogP contribution in [-0.4, -0.2) is 32.5 Å². The first-order valence-corrected chi connectivity index (χ1v) is 9.23. The first-order valence-electron chi connectivity index (χ1n) is 8.85. The number of anilines is 1. The number of aliphatic hydroxyl groups is 1. The highest BCUT2D eigenvalue weighted by Gasteiger charge is 2.35. The van der Waals surface area contributed by atoms with Gasteiger partial charge in [-0.05, 0) is 25.0 Å². The monoisotopic (exact) mass is 416 g/mol. The molecule has 10 heteroatoms. The summed E-state index contributed by atoms with van der Waals surface area (Å²) < 4.78 is 38.8. The summed E-state index contributed by atoms with van der Waals surface area (Å²) in [5.41, 5.74) is -1.67. The minimum atomic E-state index is -4.52. The molecule has 0 saturated heterocycles. The van der Waals surface area contributed by atoms with E-state index < -0.39 is 23.4 Å². The van der Waals surface area contributed by atoms with Crippen LogP contribution in [0, 0.1) is 5.41 Å². The number of aliphatic hydroxyl groups excluding tert-OH is 1. The number of nitrogens with zero attached hydrogens (tertiary/aromatic N) is 3. The zero-order chi connectivity index (χ0) is 20.5. The van der Waals surface area contributed by atoms with Crippen LogP contribution in [-0.2, 0) is 6.18 Å². The van der Waals surface area contributed by atoms with E-state index in [1.165, 1.54) is 6.20 Å². The number of aromatic nitrogens is 3. The Labute approximate surface area is 164 Å². The quantitative estimate of drug-likeness (QED) is 0.795. The molecule has 28 heavy (non-hydrogen) atoms. The van der Waals surface area contributed by atoms with Gasteiger partial charge < -0.3 is 10.4 Å². The normalized spacial score (nSPS) is 22.9. The summed E-state index contributed by atoms with van der Waals surface area (Å²) >= 11 is 6.15. The second-order valence-corrected chi connectivity index (χ2v) is 7.64. The van der Waals surface area contributed by atoms with Gasteiger partial charge in [-0.25, -0.2) is 4.98 Å². The van der Waals surface area contributed by atoms with Crippen molar-refractivity contribution in [3.8, 4) is 5.82 Å². The second-order valence-electron chi connectivity index (χ2n) is 7.26. The Hall–Kier alpha value is -2.13. The summed E-state index contributed by atoms with van der Waals surface area (Å²) in [6.45, 7) is 2.38. The van der Waals surface area contributed by atoms with Crippen LogP contribution in [0.5, 0.6) is 0 Å². The molecule has 152 valence electrons. The Kier molecular flexibility index (Phi) is 5.67. The minimum Gasteiger partial charge on any atom is -0.392 e. The van der Waals surface area contributed by atoms with E-state index >= 15 is 0 Å². The van der Waals surface area contributed by atoms with E-state index in [4.69, 9.17) is 11.6 Å². The SMILES string of the molecule is CC1(CNc2cnn(-c3ccc(C(F)(F)F)cn3)c(=O)c2Cl)CCCCC1O. The number of pyridine rings is 1. The van der Waals surface area contributed by atoms with Gasteiger partial charge in [0.25, 0.3) is 5.56 Å². The Balaban J connectivity index is 1.80. The van der Waals surface area contributed by atoms with Crippen molar-refractivity contribution in [1.29, 1.82) is 0 Å². The van der Waals surface area contributed by atoms with Crippen LogP contribution in [0.1, 0.15) is 38.2 Å². The number of halogens is 4. The Bertz CT molecular complexity index is 901. The third-order valence-electron chi connectivity index (χ3n) is 5.17. The number of alkyl halides is 3. The van der Waals surface area contributed by atoms with Gasteiger partial charge >= 0.3 is 6.18 Å². The van der Waals surface area contributed by atoms with Crippen LogP contribution in [0.4, 0.5) is 18.9 Å². The molecular formula is C18H20ClF3N4O2. The largest absolute Gasteiger partial charge is 0.417 e. The van der Waals surface area contributed by atoms with Crippen molar-refractivity contribution in [2.45, 2.75) is 44.9 Å². The molecule has 2 N–H and O–H groups in total. The molecule has 1 aliphatic carbocycles. The number of hydrogen-bond donors (Lipinski definition) is 2. The maximum absolute atomic E-state index is 12.6. The van der Waals surface area contributed by atoms with Gasteiger partial charge in [-0.2, -0.15) is 23.0 Å². The molecule has 0 spiro atoms. The molecule has 2 aromatic heterocycles. The van der Waals surface area contributed by atoms with E-state index in [9.17, 15) is 23.1 Å². The van der Waals surface area contributed by atoms with Crippen molar-refractivity contribution in [2.75, 3.05) is 11.9 Å². The molecule has 1 fully saturated rings. The fourth-order valence-electron chi connectivity index (χ4n) is 3.28. The predicted octanol–water partition coefficient (Wildman–Crippen LogP) is 3.65. The molecule has 2 heterocycles. The third kappa shape index (κ3) is 4.15. The smallest absolute Gasteiger partial charge is 0.392 e. The van der Waals surface area contributed by atoms with E-state index in [-0.39, 0.29) is 16.3 Å². The molecule has 2 unspecified atom stereocenters. The lowest BCUT2D eigenvalue weighted by atomic mass is 9.73. The Morgan fingerprint density at radius 3 is 2.71 bits per heavy atom. The summed E-state index contributed by atoms with van der Waals surface area (Å²) in [6.07, 6.45) is 0.560. The third-order valence-corrected chi connectivity index (χ3v) is 5.54. The highest BCUT2D eigenvalue weighted by Crippen LogP contribution is 2.36. The van der Waals surface area contributed by atoms with Crippen molar-refractivity contribution in [3.05, 3.63) is 45.5 Å². The van der Waals surface area contributed by atoms with Crippen molar-refractivity contribution in [2.24, 2.45) is 5.41 Å². The standard InChI is InChI=1S/C18H20ClF3N4O2/c1-17(7-3-2-4-13(17)27)10-24-12-9-25-26(16(28)15(12)19)14-6-5-11(8-23-14)18(20,21)22/h5-6,8-9,13,24,27H,2-4,7,10H2,1H3. The van der Waals surface area contributed by atoms with Gasteiger partial charge in [-0.3, -0.25) is 4.79 Å². The van der Waals surface area contributed by atoms with E-state index in [0.29, 0.717) is 18.4 Å². The summed E-state index contributed by atoms with van der Waals surface area (Å²) in [6, 6.07) is 1.88. The van der Waals surface area contributed by atoms with Crippen LogP contribution in [0.15, 0.2) is 29.3 Å². The van der Waals surface area contributed by atoms with E-state index in [1.807, 2.05) is 6.92 Å². The van der Waals surface area contributed by atoms with Gasteiger partial charge in [0.15, 0.2) is 5.82 Å². The fourth-order valence-corrected chi connectivity index (χ4v) is 3.48. The van der Waals surface area contributed by atoms with Crippen molar-refractivity contribution < 1.29 is 18.3 Å². The van der Waals surface area contributed by atoms with Gasteiger partial charge in [0, 0.05) is 18.2 Å². The van der Waals surface area contributed by atoms with Crippen LogP contribution < -0.4 is 10.9 Å². The van der Waals surface area contributed by atoms with Crippen LogP contribution in [0.25, 0.3) is 5.82 Å². The van der Waals surface area contributed by atoms with E-state index in [1.54, 1.807) is 0 Å². The summed E-state index contributed by atoms with van der Waals surface area (Å²) in [7, 11) is 0. The summed E-state index contributed by atoms with van der Waals surface area (Å²) in [5.74, 6) is -0.0684. The van der Waals surface area contributed by atoms with E-state index in [0.717, 1.165) is 42.5 Å². The van der Waals surface area contributed by atoms with Gasteiger partial charge in [-0.1, -0.05) is 31.4 Å². The summed E-state index contributed by atoms with van der Waals surface area (Å²) in [4.78, 5) is 16.1. The van der Waals surface area contributed by atoms with Gasteiger partial charge in [-0.15, -0.1) is 0 Å². The van der Waals surface area contributed by atoms with Crippen molar-refractivity contribution >= 4 is 17.3 Å². The molecule has 0 aliphatic heterocycles. The Morgan fingerprint density at radius 1 is 1.36 bits per heavy atom. The Morgan fingerprint density at radius 2 is 2.11 bits per heavy atom. The molecule has 3 rings (SSSR count). The number of rotatable bonds is 4. The average Bonchev–Trinajstić information content (AvgIpc) is 2.65. The van der Waals surface area contributed by atoms with E-state index in [2.05, 4.69) is 15.4 Å². The fraction of sp³-hybridized carbons (Fsp3) is 0.500. The lowest BCUT2D eigenvalue weighted by molar-refractivity contribution is -0.137. The van der Waals surface area contributed by atoms with Gasteiger partial charge in [0.1, 0.15) is 5.02 Å². The van der Waals surface area contributed by atoms with Crippen LogP contribution in [0.3, 0.4) is 0 Å². The molecular weight excluding hydrogens is 397 g/mol. The van der Waals surface area contributed by atoms with Gasteiger partial charge in [0.05, 0.1) is 23.6 Å². The van der Waals surface area contributed by atoms with Crippen LogP contribution >= 0.6 is 11.6 Å². The molecule has 6 nitrogen and oxygen atoms in total. The molecule has 0 aromatic carbocycles. The second kappa shape index (κ2) is 7.71. The van der Waals surface area contributed by atoms with Crippen molar-refractivity contribution in [3.63, 3.8) is 0 Å². The maximum atomic E-state index is 12.6. The zero-order valence-corrected chi connectivity index (χ0v) is 15.9. The topological polar surface area (TPSA) is 80.0 Å². The molecule has 2 aromatic rings. The maximum Gasteiger partial charge on any atom is 0.417 e. The summed E-state index contributed by atoms with van der Waals surface area (Å²) in [5, 5.41) is 17.1. The molecule has 0 radical (unpaired) electrons. The predicted molar refractivity (Wildman–Crippen MR) is 98.7 cm³/mol. The minimum absolute atomic E-state index is 0.0684. The molecule has 1 aliphatic rings. The highest BCUT2D eigenvalue weighted by molar-refractivity contribution is 6.32. The average molecular weight is 417 g/mol. The van der Waals surface area contributed by atoms with Gasteiger partial charge in [0.2, 0.25) is 0 Å². The lowest BCUT2D eigenvalue weighted by Crippen LogP contribution is -2.41. The highest BCUT2D eigenvalue weighted by atomic mass is 35.5. The zero-order valence-electron chi connectivity index (χ0n) is 15.1. The number of nitrogens with one attached hydrogen (secondary N) is 1. The van der Waals surface area contributed by atoms with Crippen LogP contribution in [0.2, 0.25) is 5.02 Å². The molecule has 0 bridgehead atoms. The number of hydrogen-bond acceptors (Lipinski definition) is 5. The first kappa shape index (κ1) is 20.6. The van der Waals surface area contributed by atoms with Crippen molar-refractivity contribution in [1.82, 2.24) is 14.8 Å².